The van der Waals surface area contributed by atoms with E-state index in [-0.39, 0.29) is 31.1 Å². The lowest BCUT2D eigenvalue weighted by atomic mass is 10.0. The van der Waals surface area contributed by atoms with Crippen LogP contribution in [0.4, 0.5) is 0 Å². The SMILES string of the molecule is CCCCCCCCCCCC(=O)OC[C@H](COC(=O)CCCCCCCCCCCCCCCCCCCCC(C)C)OC(=O)CCCCCCCCCCCCCCCCC(C)C. The third kappa shape index (κ3) is 53.2. The van der Waals surface area contributed by atoms with E-state index in [0.29, 0.717) is 19.3 Å². The molecule has 0 amide bonds. The molecule has 0 N–H and O–H groups in total. The molecule has 6 heteroatoms. The zero-order valence-electron chi connectivity index (χ0n) is 44.6. The Labute approximate surface area is 406 Å². The number of carbonyl (C=O) groups is 3. The van der Waals surface area contributed by atoms with E-state index in [4.69, 9.17) is 14.2 Å². The largest absolute Gasteiger partial charge is 0.462 e. The summed E-state index contributed by atoms with van der Waals surface area (Å²) in [6, 6.07) is 0. The molecule has 386 valence electrons. The van der Waals surface area contributed by atoms with Crippen molar-refractivity contribution in [3.63, 3.8) is 0 Å². The quantitative estimate of drug-likeness (QED) is 0.0344. The first-order valence-corrected chi connectivity index (χ1v) is 29.2. The second-order valence-electron chi connectivity index (χ2n) is 21.2. The molecule has 0 aliphatic carbocycles. The fraction of sp³-hybridized carbons (Fsp3) is 0.949. The average Bonchev–Trinajstić information content (AvgIpc) is 3.28. The minimum atomic E-state index is -0.762. The molecule has 1 atom stereocenters. The van der Waals surface area contributed by atoms with Gasteiger partial charge in [-0.25, -0.2) is 0 Å². The van der Waals surface area contributed by atoms with Crippen LogP contribution >= 0.6 is 0 Å². The van der Waals surface area contributed by atoms with E-state index in [1.165, 1.54) is 218 Å². The van der Waals surface area contributed by atoms with E-state index in [9.17, 15) is 14.4 Å². The number of carbonyl (C=O) groups excluding carboxylic acids is 3. The molecular formula is C59H114O6. The highest BCUT2D eigenvalue weighted by molar-refractivity contribution is 5.71. The highest BCUT2D eigenvalue weighted by Gasteiger charge is 2.19. The van der Waals surface area contributed by atoms with Gasteiger partial charge in [0.2, 0.25) is 0 Å². The van der Waals surface area contributed by atoms with Crippen molar-refractivity contribution in [2.75, 3.05) is 13.2 Å². The van der Waals surface area contributed by atoms with Crippen LogP contribution in [0.2, 0.25) is 0 Å². The minimum Gasteiger partial charge on any atom is -0.462 e. The Balaban J connectivity index is 4.18. The molecule has 0 fully saturated rings. The van der Waals surface area contributed by atoms with E-state index in [1.807, 2.05) is 0 Å². The maximum absolute atomic E-state index is 12.8. The summed E-state index contributed by atoms with van der Waals surface area (Å²) < 4.78 is 16.9. The Morgan fingerprint density at radius 1 is 0.292 bits per heavy atom. The second kappa shape index (κ2) is 51.8. The molecule has 65 heavy (non-hydrogen) atoms. The lowest BCUT2D eigenvalue weighted by Gasteiger charge is -2.18. The highest BCUT2D eigenvalue weighted by Crippen LogP contribution is 2.18. The van der Waals surface area contributed by atoms with E-state index in [0.717, 1.165) is 69.6 Å². The van der Waals surface area contributed by atoms with Crippen molar-refractivity contribution in [2.45, 2.75) is 336 Å². The maximum Gasteiger partial charge on any atom is 0.306 e. The van der Waals surface area contributed by atoms with Crippen LogP contribution in [0.5, 0.6) is 0 Å². The highest BCUT2D eigenvalue weighted by atomic mass is 16.6. The van der Waals surface area contributed by atoms with E-state index in [1.54, 1.807) is 0 Å². The first-order valence-electron chi connectivity index (χ1n) is 29.2. The van der Waals surface area contributed by atoms with E-state index in [2.05, 4.69) is 34.6 Å². The monoisotopic (exact) mass is 919 g/mol. The van der Waals surface area contributed by atoms with Crippen molar-refractivity contribution >= 4 is 17.9 Å². The van der Waals surface area contributed by atoms with Crippen LogP contribution in [0.15, 0.2) is 0 Å². The Bertz CT molecular complexity index is 993. The summed E-state index contributed by atoms with van der Waals surface area (Å²) in [5, 5.41) is 0. The third-order valence-corrected chi connectivity index (χ3v) is 13.5. The third-order valence-electron chi connectivity index (χ3n) is 13.5. The van der Waals surface area contributed by atoms with Gasteiger partial charge >= 0.3 is 17.9 Å². The van der Waals surface area contributed by atoms with E-state index >= 15 is 0 Å². The molecule has 0 saturated heterocycles. The number of hydrogen-bond donors (Lipinski definition) is 0. The summed E-state index contributed by atoms with van der Waals surface area (Å²) in [7, 11) is 0. The van der Waals surface area contributed by atoms with Crippen molar-refractivity contribution < 1.29 is 28.6 Å². The molecule has 0 aliphatic rings. The van der Waals surface area contributed by atoms with Crippen LogP contribution in [-0.2, 0) is 28.6 Å². The number of unbranched alkanes of at least 4 members (excludes halogenated alkanes) is 38. The molecule has 0 unspecified atom stereocenters. The van der Waals surface area contributed by atoms with Gasteiger partial charge in [-0.15, -0.1) is 0 Å². The zero-order valence-corrected chi connectivity index (χ0v) is 44.6. The molecule has 0 aromatic rings. The summed E-state index contributed by atoms with van der Waals surface area (Å²) in [5.41, 5.74) is 0. The molecule has 0 heterocycles. The van der Waals surface area contributed by atoms with Gasteiger partial charge in [-0.2, -0.15) is 0 Å². The maximum atomic E-state index is 12.8. The summed E-state index contributed by atoms with van der Waals surface area (Å²) >= 11 is 0. The summed E-state index contributed by atoms with van der Waals surface area (Å²) in [4.78, 5) is 38.0. The molecule has 0 rings (SSSR count). The van der Waals surface area contributed by atoms with Crippen LogP contribution in [0, 0.1) is 11.8 Å². The number of rotatable bonds is 53. The van der Waals surface area contributed by atoms with Gasteiger partial charge in [0.15, 0.2) is 6.10 Å². The summed E-state index contributed by atoms with van der Waals surface area (Å²) in [6.45, 7) is 11.4. The lowest BCUT2D eigenvalue weighted by molar-refractivity contribution is -0.167. The zero-order chi connectivity index (χ0) is 47.5. The Hall–Kier alpha value is -1.59. The lowest BCUT2D eigenvalue weighted by Crippen LogP contribution is -2.30. The van der Waals surface area contributed by atoms with E-state index < -0.39 is 6.10 Å². The molecule has 0 radical (unpaired) electrons. The number of ether oxygens (including phenoxy) is 3. The fourth-order valence-corrected chi connectivity index (χ4v) is 9.05. The van der Waals surface area contributed by atoms with Gasteiger partial charge in [0.1, 0.15) is 13.2 Å². The topological polar surface area (TPSA) is 78.9 Å². The number of hydrogen-bond acceptors (Lipinski definition) is 6. The summed E-state index contributed by atoms with van der Waals surface area (Å²) in [5.74, 6) is 0.861. The van der Waals surface area contributed by atoms with Crippen LogP contribution in [-0.4, -0.2) is 37.2 Å². The first-order chi connectivity index (χ1) is 31.7. The standard InChI is InChI=1S/C59H114O6/c1-6-7-8-9-10-27-34-39-44-49-57(60)63-52-56(65-59(62)51-46-41-36-31-26-22-18-17-20-24-29-33-38-43-48-55(4)5)53-64-58(61)50-45-40-35-30-25-21-16-14-12-11-13-15-19-23-28-32-37-42-47-54(2)3/h54-56H,6-53H2,1-5H3/t56-/m1/s1. The molecule has 0 aromatic carbocycles. The molecule has 0 bridgehead atoms. The predicted octanol–water partition coefficient (Wildman–Crippen LogP) is 19.3. The van der Waals surface area contributed by atoms with Gasteiger partial charge in [-0.3, -0.25) is 14.4 Å². The van der Waals surface area contributed by atoms with Gasteiger partial charge < -0.3 is 14.2 Å². The van der Waals surface area contributed by atoms with Crippen molar-refractivity contribution in [2.24, 2.45) is 11.8 Å². The van der Waals surface area contributed by atoms with Crippen molar-refractivity contribution in [3.8, 4) is 0 Å². The van der Waals surface area contributed by atoms with Gasteiger partial charge in [0.25, 0.3) is 0 Å². The van der Waals surface area contributed by atoms with Crippen LogP contribution < -0.4 is 0 Å². The Kier molecular flexibility index (Phi) is 50.5. The second-order valence-corrected chi connectivity index (χ2v) is 21.2. The van der Waals surface area contributed by atoms with Crippen LogP contribution in [0.3, 0.4) is 0 Å². The van der Waals surface area contributed by atoms with Crippen LogP contribution in [0.1, 0.15) is 330 Å². The Morgan fingerprint density at radius 3 is 0.754 bits per heavy atom. The molecule has 0 aromatic heterocycles. The average molecular weight is 920 g/mol. The van der Waals surface area contributed by atoms with Crippen molar-refractivity contribution in [1.82, 2.24) is 0 Å². The first kappa shape index (κ1) is 63.4. The fourth-order valence-electron chi connectivity index (χ4n) is 9.05. The van der Waals surface area contributed by atoms with Gasteiger partial charge in [0.05, 0.1) is 0 Å². The molecule has 6 nitrogen and oxygen atoms in total. The predicted molar refractivity (Wildman–Crippen MR) is 280 cm³/mol. The number of esters is 3. The van der Waals surface area contributed by atoms with Crippen molar-refractivity contribution in [1.29, 1.82) is 0 Å². The van der Waals surface area contributed by atoms with Gasteiger partial charge in [0, 0.05) is 19.3 Å². The molecule has 0 saturated carbocycles. The summed E-state index contributed by atoms with van der Waals surface area (Å²) in [6.07, 6.45) is 55.3. The minimum absolute atomic E-state index is 0.0626. The molecular weight excluding hydrogens is 805 g/mol. The van der Waals surface area contributed by atoms with Crippen molar-refractivity contribution in [3.05, 3.63) is 0 Å². The van der Waals surface area contributed by atoms with Gasteiger partial charge in [-0.1, -0.05) is 291 Å². The molecule has 0 aliphatic heterocycles. The Morgan fingerprint density at radius 2 is 0.508 bits per heavy atom. The normalized spacial score (nSPS) is 12.0. The smallest absolute Gasteiger partial charge is 0.306 e. The van der Waals surface area contributed by atoms with Crippen LogP contribution in [0.25, 0.3) is 0 Å². The molecule has 0 spiro atoms. The van der Waals surface area contributed by atoms with Gasteiger partial charge in [-0.05, 0) is 31.1 Å².